The number of hydrogen-bond acceptors (Lipinski definition) is 4. The Kier molecular flexibility index (Phi) is 3.75. The summed E-state index contributed by atoms with van der Waals surface area (Å²) in [5.74, 6) is -1.88. The molecule has 0 aliphatic rings. The molecule has 0 saturated heterocycles. The lowest BCUT2D eigenvalue weighted by Crippen LogP contribution is -2.26. The minimum Gasteiger partial charge on any atom is -0.478 e. The van der Waals surface area contributed by atoms with Crippen LogP contribution in [0.2, 0.25) is 0 Å². The van der Waals surface area contributed by atoms with Gasteiger partial charge in [-0.05, 0) is 19.1 Å². The maximum atomic E-state index is 11.4. The maximum absolute atomic E-state index is 11.4. The molecule has 0 spiro atoms. The van der Waals surface area contributed by atoms with Crippen LogP contribution < -0.4 is 5.48 Å². The number of hydroxylamine groups is 1. The van der Waals surface area contributed by atoms with Crippen molar-refractivity contribution in [3.05, 3.63) is 29.6 Å². The number of hydrogen-bond donors (Lipinski definition) is 2. The van der Waals surface area contributed by atoms with Crippen LogP contribution in [-0.4, -0.2) is 28.6 Å². The number of carbonyl (C=O) groups is 2. The number of nitrogens with one attached hydrogen (secondary N) is 1. The van der Waals surface area contributed by atoms with Crippen molar-refractivity contribution < 1.29 is 19.5 Å². The Morgan fingerprint density at radius 1 is 1.60 bits per heavy atom. The number of rotatable bonds is 4. The minimum atomic E-state index is -1.20. The van der Waals surface area contributed by atoms with E-state index < -0.39 is 11.9 Å². The van der Waals surface area contributed by atoms with Gasteiger partial charge >= 0.3 is 5.97 Å². The Bertz CT molecular complexity index is 378. The highest BCUT2D eigenvalue weighted by molar-refractivity contribution is 6.02. The standard InChI is InChI=1S/C9H10N2O4/c1-2-15-11-8(12)7-6(9(13)14)4-3-5-10-7/h3-5H,2H2,1H3,(H,11,12)(H,13,14). The van der Waals surface area contributed by atoms with E-state index in [0.29, 0.717) is 6.61 Å². The zero-order valence-electron chi connectivity index (χ0n) is 8.06. The second-order valence-corrected chi connectivity index (χ2v) is 2.57. The first kappa shape index (κ1) is 11.1. The summed E-state index contributed by atoms with van der Waals surface area (Å²) < 4.78 is 0. The van der Waals surface area contributed by atoms with Crippen LogP contribution in [0.1, 0.15) is 27.8 Å². The van der Waals surface area contributed by atoms with Crippen molar-refractivity contribution in [2.75, 3.05) is 6.61 Å². The van der Waals surface area contributed by atoms with E-state index in [1.165, 1.54) is 18.3 Å². The highest BCUT2D eigenvalue weighted by atomic mass is 16.6. The van der Waals surface area contributed by atoms with E-state index in [1.807, 2.05) is 0 Å². The Morgan fingerprint density at radius 2 is 2.33 bits per heavy atom. The number of nitrogens with zero attached hydrogens (tertiary/aromatic N) is 1. The predicted octanol–water partition coefficient (Wildman–Crippen LogP) is 0.461. The van der Waals surface area contributed by atoms with Crippen molar-refractivity contribution in [1.82, 2.24) is 10.5 Å². The molecule has 80 valence electrons. The van der Waals surface area contributed by atoms with Crippen molar-refractivity contribution in [2.45, 2.75) is 6.92 Å². The van der Waals surface area contributed by atoms with Gasteiger partial charge in [0.2, 0.25) is 0 Å². The van der Waals surface area contributed by atoms with Gasteiger partial charge in [-0.25, -0.2) is 10.3 Å². The normalized spacial score (nSPS) is 9.67. The fourth-order valence-corrected chi connectivity index (χ4v) is 0.945. The number of carboxylic acid groups (broad SMARTS) is 1. The summed E-state index contributed by atoms with van der Waals surface area (Å²) in [6, 6.07) is 2.75. The van der Waals surface area contributed by atoms with Gasteiger partial charge in [-0.15, -0.1) is 0 Å². The number of pyridine rings is 1. The quantitative estimate of drug-likeness (QED) is 0.705. The van der Waals surface area contributed by atoms with Gasteiger partial charge in [0.05, 0.1) is 12.2 Å². The van der Waals surface area contributed by atoms with Crippen molar-refractivity contribution >= 4 is 11.9 Å². The van der Waals surface area contributed by atoms with E-state index in [9.17, 15) is 9.59 Å². The second-order valence-electron chi connectivity index (χ2n) is 2.57. The lowest BCUT2D eigenvalue weighted by molar-refractivity contribution is 0.0356. The van der Waals surface area contributed by atoms with Gasteiger partial charge in [-0.3, -0.25) is 14.6 Å². The van der Waals surface area contributed by atoms with Gasteiger partial charge in [-0.2, -0.15) is 0 Å². The molecule has 0 aliphatic carbocycles. The van der Waals surface area contributed by atoms with Crippen molar-refractivity contribution in [3.8, 4) is 0 Å². The largest absolute Gasteiger partial charge is 0.478 e. The van der Waals surface area contributed by atoms with E-state index >= 15 is 0 Å². The van der Waals surface area contributed by atoms with Crippen LogP contribution >= 0.6 is 0 Å². The molecule has 0 saturated carbocycles. The zero-order valence-corrected chi connectivity index (χ0v) is 8.06. The summed E-state index contributed by atoms with van der Waals surface area (Å²) in [5.41, 5.74) is 1.75. The molecular weight excluding hydrogens is 200 g/mol. The van der Waals surface area contributed by atoms with Crippen molar-refractivity contribution in [3.63, 3.8) is 0 Å². The summed E-state index contributed by atoms with van der Waals surface area (Å²) in [6.45, 7) is 1.98. The Morgan fingerprint density at radius 3 is 2.93 bits per heavy atom. The highest BCUT2D eigenvalue weighted by Crippen LogP contribution is 2.04. The lowest BCUT2D eigenvalue weighted by Gasteiger charge is -2.04. The Labute approximate surface area is 85.8 Å². The molecule has 1 heterocycles. The molecule has 0 atom stereocenters. The molecule has 0 radical (unpaired) electrons. The number of aromatic carboxylic acids is 1. The molecule has 6 nitrogen and oxygen atoms in total. The van der Waals surface area contributed by atoms with Crippen molar-refractivity contribution in [1.29, 1.82) is 0 Å². The van der Waals surface area contributed by atoms with Gasteiger partial charge in [0, 0.05) is 6.20 Å². The first-order valence-corrected chi connectivity index (χ1v) is 4.27. The topological polar surface area (TPSA) is 88.5 Å². The number of carboxylic acids is 1. The highest BCUT2D eigenvalue weighted by Gasteiger charge is 2.17. The summed E-state index contributed by atoms with van der Waals surface area (Å²) in [6.07, 6.45) is 1.34. The number of amides is 1. The summed E-state index contributed by atoms with van der Waals surface area (Å²) in [4.78, 5) is 30.4. The SMILES string of the molecule is CCONC(=O)c1ncccc1C(=O)O. The lowest BCUT2D eigenvalue weighted by atomic mass is 10.2. The number of carbonyl (C=O) groups excluding carboxylic acids is 1. The third-order valence-electron chi connectivity index (χ3n) is 1.56. The van der Waals surface area contributed by atoms with E-state index in [1.54, 1.807) is 6.92 Å². The van der Waals surface area contributed by atoms with Crippen LogP contribution in [0.4, 0.5) is 0 Å². The third-order valence-corrected chi connectivity index (χ3v) is 1.56. The monoisotopic (exact) mass is 210 g/mol. The Hall–Kier alpha value is -1.95. The smallest absolute Gasteiger partial charge is 0.338 e. The molecule has 0 bridgehead atoms. The molecular formula is C9H10N2O4. The molecule has 0 aromatic carbocycles. The van der Waals surface area contributed by atoms with Crippen LogP contribution in [0.25, 0.3) is 0 Å². The van der Waals surface area contributed by atoms with Crippen LogP contribution in [-0.2, 0) is 4.84 Å². The van der Waals surface area contributed by atoms with E-state index in [2.05, 4.69) is 15.3 Å². The minimum absolute atomic E-state index is 0.158. The molecule has 1 aromatic rings. The van der Waals surface area contributed by atoms with E-state index in [4.69, 9.17) is 5.11 Å². The van der Waals surface area contributed by atoms with E-state index in [0.717, 1.165) is 0 Å². The molecule has 0 aliphatic heterocycles. The van der Waals surface area contributed by atoms with Crippen LogP contribution in [0.3, 0.4) is 0 Å². The van der Waals surface area contributed by atoms with Gasteiger partial charge < -0.3 is 5.11 Å². The molecule has 0 unspecified atom stereocenters. The fourth-order valence-electron chi connectivity index (χ4n) is 0.945. The average molecular weight is 210 g/mol. The first-order valence-electron chi connectivity index (χ1n) is 4.27. The summed E-state index contributed by atoms with van der Waals surface area (Å²) >= 11 is 0. The second kappa shape index (κ2) is 5.06. The predicted molar refractivity (Wildman–Crippen MR) is 50.3 cm³/mol. The van der Waals surface area contributed by atoms with Crippen LogP contribution in [0.15, 0.2) is 18.3 Å². The molecule has 0 fully saturated rings. The molecule has 15 heavy (non-hydrogen) atoms. The first-order chi connectivity index (χ1) is 7.16. The summed E-state index contributed by atoms with van der Waals surface area (Å²) in [7, 11) is 0. The average Bonchev–Trinajstić information content (AvgIpc) is 2.25. The molecule has 1 rings (SSSR count). The van der Waals surface area contributed by atoms with E-state index in [-0.39, 0.29) is 11.3 Å². The maximum Gasteiger partial charge on any atom is 0.338 e. The van der Waals surface area contributed by atoms with Crippen molar-refractivity contribution in [2.24, 2.45) is 0 Å². The van der Waals surface area contributed by atoms with Gasteiger partial charge in [0.25, 0.3) is 5.91 Å². The van der Waals surface area contributed by atoms with Crippen LogP contribution in [0.5, 0.6) is 0 Å². The molecule has 1 amide bonds. The van der Waals surface area contributed by atoms with Gasteiger partial charge in [0.15, 0.2) is 0 Å². The fraction of sp³-hybridized carbons (Fsp3) is 0.222. The van der Waals surface area contributed by atoms with Gasteiger partial charge in [-0.1, -0.05) is 0 Å². The molecule has 1 aromatic heterocycles. The Balaban J connectivity index is 2.92. The summed E-state index contributed by atoms with van der Waals surface area (Å²) in [5, 5.41) is 8.78. The molecule has 2 N–H and O–H groups in total. The van der Waals surface area contributed by atoms with Gasteiger partial charge in [0.1, 0.15) is 5.69 Å². The zero-order chi connectivity index (χ0) is 11.3. The third kappa shape index (κ3) is 2.75. The molecule has 6 heteroatoms. The van der Waals surface area contributed by atoms with Crippen LogP contribution in [0, 0.1) is 0 Å². The number of aromatic nitrogens is 1.